The lowest BCUT2D eigenvalue weighted by molar-refractivity contribution is -0.133. The number of methoxy groups -OCH3 is 2. The van der Waals surface area contributed by atoms with Gasteiger partial charge in [-0.1, -0.05) is 18.2 Å². The number of likely N-dealkylation sites (tertiary alicyclic amines) is 1. The van der Waals surface area contributed by atoms with Gasteiger partial charge in [-0.3, -0.25) is 10.0 Å². The number of nitrogens with one attached hydrogen (secondary N) is 1. The van der Waals surface area contributed by atoms with E-state index in [0.29, 0.717) is 44.0 Å². The quantitative estimate of drug-likeness (QED) is 0.269. The van der Waals surface area contributed by atoms with Crippen molar-refractivity contribution in [3.8, 4) is 16.9 Å². The predicted molar refractivity (Wildman–Crippen MR) is 127 cm³/mol. The Labute approximate surface area is 204 Å². The monoisotopic (exact) mass is 510 g/mol. The lowest BCUT2D eigenvalue weighted by Gasteiger charge is -2.39. The number of hydrogen-bond donors (Lipinski definition) is 2. The molecule has 0 bridgehead atoms. The minimum absolute atomic E-state index is 0.0307. The molecule has 0 radical (unpaired) electrons. The van der Waals surface area contributed by atoms with Gasteiger partial charge < -0.3 is 19.1 Å². The molecule has 3 rings (SSSR count). The fourth-order valence-corrected chi connectivity index (χ4v) is 6.12. The van der Waals surface area contributed by atoms with E-state index in [0.717, 1.165) is 0 Å². The SMILES string of the molecule is COCCOc1ccc(-c2ccc(S(=O)(=O)C3(C(=O)NO)CCN(CCOC)CC3)cc2)cc1F. The Bertz CT molecular complexity index is 1100. The predicted octanol–water partition coefficient (Wildman–Crippen LogP) is 2.28. The van der Waals surface area contributed by atoms with Crippen molar-refractivity contribution in [1.29, 1.82) is 0 Å². The number of nitrogens with zero attached hydrogens (tertiary/aromatic N) is 1. The second-order valence-corrected chi connectivity index (χ2v) is 10.5. The first-order valence-electron chi connectivity index (χ1n) is 11.2. The van der Waals surface area contributed by atoms with Crippen molar-refractivity contribution < 1.29 is 37.0 Å². The van der Waals surface area contributed by atoms with Crippen LogP contribution in [0.4, 0.5) is 4.39 Å². The second kappa shape index (κ2) is 11.9. The van der Waals surface area contributed by atoms with Crippen LogP contribution in [0.3, 0.4) is 0 Å². The molecule has 0 saturated carbocycles. The van der Waals surface area contributed by atoms with Gasteiger partial charge in [0.25, 0.3) is 5.91 Å². The molecule has 1 aliphatic rings. The summed E-state index contributed by atoms with van der Waals surface area (Å²) in [6.07, 6.45) is 0.0614. The topological polar surface area (TPSA) is 114 Å². The molecule has 0 aliphatic carbocycles. The molecule has 0 unspecified atom stereocenters. The Morgan fingerprint density at radius 3 is 2.23 bits per heavy atom. The third-order valence-electron chi connectivity index (χ3n) is 6.28. The molecule has 2 aromatic rings. The maximum atomic E-state index is 14.4. The number of amides is 1. The van der Waals surface area contributed by atoms with Crippen LogP contribution < -0.4 is 10.2 Å². The van der Waals surface area contributed by atoms with Gasteiger partial charge in [0.15, 0.2) is 26.2 Å². The summed E-state index contributed by atoms with van der Waals surface area (Å²) >= 11 is 0. The van der Waals surface area contributed by atoms with Gasteiger partial charge in [-0.25, -0.2) is 18.3 Å². The zero-order valence-corrected chi connectivity index (χ0v) is 20.6. The Morgan fingerprint density at radius 1 is 1.03 bits per heavy atom. The number of sulfone groups is 1. The van der Waals surface area contributed by atoms with Gasteiger partial charge in [0.1, 0.15) is 6.61 Å². The standard InChI is InChI=1S/C24H31FN2O7S/c1-32-14-13-27-11-9-24(10-12-27,23(28)26-29)35(30,31)20-6-3-18(4-7-20)19-5-8-22(21(25)17-19)34-16-15-33-2/h3-8,17,29H,9-16H2,1-2H3,(H,26,28). The van der Waals surface area contributed by atoms with Crippen LogP contribution in [0.2, 0.25) is 0 Å². The van der Waals surface area contributed by atoms with Gasteiger partial charge in [-0.2, -0.15) is 0 Å². The van der Waals surface area contributed by atoms with Crippen LogP contribution in [0.15, 0.2) is 47.4 Å². The van der Waals surface area contributed by atoms with Gasteiger partial charge >= 0.3 is 0 Å². The zero-order valence-electron chi connectivity index (χ0n) is 19.8. The maximum absolute atomic E-state index is 14.4. The van der Waals surface area contributed by atoms with Crippen molar-refractivity contribution in [1.82, 2.24) is 10.4 Å². The molecule has 2 aromatic carbocycles. The number of carbonyl (C=O) groups excluding carboxylic acids is 1. The smallest absolute Gasteiger partial charge is 0.265 e. The van der Waals surface area contributed by atoms with Crippen molar-refractivity contribution in [3.63, 3.8) is 0 Å². The molecule has 9 nitrogen and oxygen atoms in total. The van der Waals surface area contributed by atoms with E-state index < -0.39 is 26.3 Å². The Kier molecular flexibility index (Phi) is 9.20. The van der Waals surface area contributed by atoms with Gasteiger partial charge in [0.05, 0.1) is 18.1 Å². The maximum Gasteiger partial charge on any atom is 0.265 e. The Hall–Kier alpha value is -2.57. The summed E-state index contributed by atoms with van der Waals surface area (Å²) < 4.78 is 55.1. The first-order chi connectivity index (χ1) is 16.8. The van der Waals surface area contributed by atoms with Gasteiger partial charge in [-0.15, -0.1) is 0 Å². The van der Waals surface area contributed by atoms with Crippen LogP contribution >= 0.6 is 0 Å². The molecular formula is C24H31FN2O7S. The third kappa shape index (κ3) is 5.81. The van der Waals surface area contributed by atoms with Crippen molar-refractivity contribution in [3.05, 3.63) is 48.3 Å². The van der Waals surface area contributed by atoms with E-state index in [2.05, 4.69) is 0 Å². The largest absolute Gasteiger partial charge is 0.488 e. The molecule has 1 amide bonds. The molecule has 2 N–H and O–H groups in total. The lowest BCUT2D eigenvalue weighted by Crippen LogP contribution is -2.58. The van der Waals surface area contributed by atoms with Crippen LogP contribution in [0, 0.1) is 5.82 Å². The number of hydrogen-bond acceptors (Lipinski definition) is 8. The average molecular weight is 511 g/mol. The van der Waals surface area contributed by atoms with Crippen molar-refractivity contribution >= 4 is 15.7 Å². The van der Waals surface area contributed by atoms with Gasteiger partial charge in [-0.05, 0) is 48.2 Å². The van der Waals surface area contributed by atoms with E-state index in [-0.39, 0.29) is 30.1 Å². The fourth-order valence-electron chi connectivity index (χ4n) is 4.16. The van der Waals surface area contributed by atoms with E-state index in [1.165, 1.54) is 31.4 Å². The molecule has 1 aliphatic heterocycles. The molecule has 1 heterocycles. The minimum atomic E-state index is -4.14. The Balaban J connectivity index is 1.82. The van der Waals surface area contributed by atoms with Crippen molar-refractivity contribution in [2.75, 3.05) is 53.7 Å². The summed E-state index contributed by atoms with van der Waals surface area (Å²) in [5, 5.41) is 9.33. The highest BCUT2D eigenvalue weighted by atomic mass is 32.2. The van der Waals surface area contributed by atoms with E-state index >= 15 is 0 Å². The van der Waals surface area contributed by atoms with Crippen LogP contribution in [0.5, 0.6) is 5.75 Å². The summed E-state index contributed by atoms with van der Waals surface area (Å²) in [6.45, 7) is 2.40. The number of rotatable bonds is 11. The van der Waals surface area contributed by atoms with Gasteiger partial charge in [0.2, 0.25) is 0 Å². The molecule has 11 heteroatoms. The second-order valence-electron chi connectivity index (χ2n) is 8.28. The first-order valence-corrected chi connectivity index (χ1v) is 12.7. The molecular weight excluding hydrogens is 479 g/mol. The minimum Gasteiger partial charge on any atom is -0.488 e. The summed E-state index contributed by atoms with van der Waals surface area (Å²) in [5.74, 6) is -1.40. The van der Waals surface area contributed by atoms with Crippen LogP contribution in [0.25, 0.3) is 11.1 Å². The lowest BCUT2D eigenvalue weighted by atomic mass is 9.95. The summed E-state index contributed by atoms with van der Waals surface area (Å²) in [7, 11) is -1.03. The number of ether oxygens (including phenoxy) is 3. The molecule has 0 spiro atoms. The van der Waals surface area contributed by atoms with E-state index in [4.69, 9.17) is 14.2 Å². The van der Waals surface area contributed by atoms with Crippen LogP contribution in [0.1, 0.15) is 12.8 Å². The third-order valence-corrected chi connectivity index (χ3v) is 8.80. The normalized spacial score (nSPS) is 16.1. The van der Waals surface area contributed by atoms with E-state index in [1.807, 2.05) is 4.90 Å². The summed E-state index contributed by atoms with van der Waals surface area (Å²) in [6, 6.07) is 10.4. The zero-order chi connectivity index (χ0) is 25.5. The highest BCUT2D eigenvalue weighted by molar-refractivity contribution is 7.93. The van der Waals surface area contributed by atoms with E-state index in [1.54, 1.807) is 30.8 Å². The molecule has 0 atom stereocenters. The number of carbonyl (C=O) groups is 1. The molecule has 35 heavy (non-hydrogen) atoms. The number of hydroxylamine groups is 1. The highest BCUT2D eigenvalue weighted by Crippen LogP contribution is 2.37. The fraction of sp³-hybridized carbons (Fsp3) is 0.458. The van der Waals surface area contributed by atoms with Crippen LogP contribution in [-0.4, -0.2) is 82.9 Å². The molecule has 1 fully saturated rings. The van der Waals surface area contributed by atoms with Gasteiger partial charge in [0, 0.05) is 33.9 Å². The summed E-state index contributed by atoms with van der Waals surface area (Å²) in [5.41, 5.74) is 2.69. The first kappa shape index (κ1) is 27.0. The van der Waals surface area contributed by atoms with Crippen molar-refractivity contribution in [2.45, 2.75) is 22.5 Å². The number of halogens is 1. The van der Waals surface area contributed by atoms with Crippen molar-refractivity contribution in [2.24, 2.45) is 0 Å². The average Bonchev–Trinajstić information content (AvgIpc) is 2.88. The highest BCUT2D eigenvalue weighted by Gasteiger charge is 2.52. The van der Waals surface area contributed by atoms with E-state index in [9.17, 15) is 22.8 Å². The Morgan fingerprint density at radius 2 is 1.66 bits per heavy atom. The van der Waals surface area contributed by atoms with Crippen LogP contribution in [-0.2, 0) is 24.1 Å². The molecule has 1 saturated heterocycles. The number of benzene rings is 2. The number of piperidine rings is 1. The summed E-state index contributed by atoms with van der Waals surface area (Å²) in [4.78, 5) is 14.6. The molecule has 0 aromatic heterocycles. The molecule has 192 valence electrons.